The van der Waals surface area contributed by atoms with E-state index >= 15 is 0 Å². The lowest BCUT2D eigenvalue weighted by molar-refractivity contribution is 0.412. The van der Waals surface area contributed by atoms with Gasteiger partial charge in [0.15, 0.2) is 5.91 Å². The molecular formula is C22H33FN3OP. The van der Waals surface area contributed by atoms with Crippen LogP contribution in [0.5, 0.6) is 5.75 Å². The highest BCUT2D eigenvalue weighted by Crippen LogP contribution is 2.38. The van der Waals surface area contributed by atoms with E-state index in [2.05, 4.69) is 38.4 Å². The molecule has 0 bridgehead atoms. The van der Waals surface area contributed by atoms with Crippen LogP contribution in [0.2, 0.25) is 0 Å². The molecule has 0 amide bonds. The van der Waals surface area contributed by atoms with Crippen LogP contribution in [0, 0.1) is 26.7 Å². The first-order valence-corrected chi connectivity index (χ1v) is 10.3. The van der Waals surface area contributed by atoms with Gasteiger partial charge >= 0.3 is 0 Å². The molecule has 2 unspecified atom stereocenters. The van der Waals surface area contributed by atoms with E-state index < -0.39 is 5.91 Å². The van der Waals surface area contributed by atoms with E-state index in [1.807, 2.05) is 53.0 Å². The van der Waals surface area contributed by atoms with E-state index in [1.54, 1.807) is 13.2 Å². The summed E-state index contributed by atoms with van der Waals surface area (Å²) >= 11 is 0. The summed E-state index contributed by atoms with van der Waals surface area (Å²) in [5.41, 5.74) is 5.48. The molecule has 0 saturated heterocycles. The van der Waals surface area contributed by atoms with Crippen molar-refractivity contribution in [2.45, 2.75) is 54.4 Å². The summed E-state index contributed by atoms with van der Waals surface area (Å²) in [5.74, 6) is -0.131. The number of pyridine rings is 1. The van der Waals surface area contributed by atoms with E-state index in [1.165, 1.54) is 0 Å². The lowest BCUT2D eigenvalue weighted by atomic mass is 10.1. The lowest BCUT2D eigenvalue weighted by Gasteiger charge is -2.18. The molecule has 0 spiro atoms. The third-order valence-corrected chi connectivity index (χ3v) is 4.42. The third kappa shape index (κ3) is 6.00. The van der Waals surface area contributed by atoms with Crippen LogP contribution in [0.25, 0.3) is 0 Å². The van der Waals surface area contributed by atoms with Gasteiger partial charge in [-0.25, -0.2) is 4.39 Å². The van der Waals surface area contributed by atoms with Gasteiger partial charge in [0.25, 0.3) is 0 Å². The van der Waals surface area contributed by atoms with Gasteiger partial charge in [-0.15, -0.1) is 0 Å². The fourth-order valence-corrected chi connectivity index (χ4v) is 2.86. The number of aliphatic imine (C=N–C) groups is 1. The summed E-state index contributed by atoms with van der Waals surface area (Å²) in [7, 11) is 3.79. The zero-order chi connectivity index (χ0) is 21.4. The third-order valence-electron chi connectivity index (χ3n) is 4.07. The highest BCUT2D eigenvalue weighted by molar-refractivity contribution is 7.16. The van der Waals surface area contributed by atoms with Crippen molar-refractivity contribution in [2.75, 3.05) is 12.4 Å². The smallest absolute Gasteiger partial charge is 0.155 e. The van der Waals surface area contributed by atoms with Gasteiger partial charge in [-0.05, 0) is 44.4 Å². The average Bonchev–Trinajstić information content (AvgIpc) is 2.65. The number of anilines is 2. The van der Waals surface area contributed by atoms with Crippen molar-refractivity contribution in [1.29, 1.82) is 0 Å². The van der Waals surface area contributed by atoms with E-state index in [9.17, 15) is 4.39 Å². The molecule has 1 aromatic heterocycles. The van der Waals surface area contributed by atoms with Gasteiger partial charge in [0.05, 0.1) is 24.2 Å². The molecule has 1 N–H and O–H groups in total. The number of hydrogen-bond acceptors (Lipinski definition) is 4. The number of aryl methyl sites for hydroxylation is 2. The predicted octanol–water partition coefficient (Wildman–Crippen LogP) is 6.99. The topological polar surface area (TPSA) is 46.5 Å². The largest absolute Gasteiger partial charge is 0.496 e. The molecule has 6 heteroatoms. The molecule has 28 heavy (non-hydrogen) atoms. The van der Waals surface area contributed by atoms with Gasteiger partial charge < -0.3 is 10.1 Å². The molecule has 1 aromatic carbocycles. The summed E-state index contributed by atoms with van der Waals surface area (Å²) in [6.07, 6.45) is 1.87. The van der Waals surface area contributed by atoms with Crippen LogP contribution < -0.4 is 10.1 Å². The maximum absolute atomic E-state index is 13.9. The van der Waals surface area contributed by atoms with Crippen LogP contribution in [0.1, 0.15) is 56.1 Å². The molecule has 0 saturated carbocycles. The molecule has 0 radical (unpaired) electrons. The monoisotopic (exact) mass is 405 g/mol. The summed E-state index contributed by atoms with van der Waals surface area (Å²) in [5, 5.41) is 3.43. The predicted molar refractivity (Wildman–Crippen MR) is 123 cm³/mol. The number of methoxy groups -OCH3 is 1. The van der Waals surface area contributed by atoms with Crippen LogP contribution >= 0.6 is 9.24 Å². The zero-order valence-corrected chi connectivity index (χ0v) is 19.4. The fourth-order valence-electron chi connectivity index (χ4n) is 2.69. The molecule has 1 heterocycles. The molecule has 2 atom stereocenters. The average molecular weight is 405 g/mol. The Kier molecular flexibility index (Phi) is 9.54. The van der Waals surface area contributed by atoms with Crippen molar-refractivity contribution in [1.82, 2.24) is 4.98 Å². The second kappa shape index (κ2) is 11.1. The number of hydrogen-bond donors (Lipinski definition) is 1. The van der Waals surface area contributed by atoms with Gasteiger partial charge in [0.2, 0.25) is 0 Å². The second-order valence-corrected chi connectivity index (χ2v) is 7.25. The molecule has 154 valence electrons. The molecule has 4 nitrogen and oxygen atoms in total. The highest BCUT2D eigenvalue weighted by atomic mass is 31.0. The summed E-state index contributed by atoms with van der Waals surface area (Å²) in [4.78, 5) is 8.95. The minimum atomic E-state index is -1.23. The Hall–Kier alpha value is -2.00. The van der Waals surface area contributed by atoms with Crippen molar-refractivity contribution in [3.8, 4) is 5.75 Å². The summed E-state index contributed by atoms with van der Waals surface area (Å²) in [6, 6.07) is 5.65. The number of benzene rings is 1. The number of nitrogens with zero attached hydrogens (tertiary/aromatic N) is 2. The summed E-state index contributed by atoms with van der Waals surface area (Å²) in [6.45, 7) is 14.0. The molecule has 0 aliphatic rings. The minimum absolute atomic E-state index is 0.304. The van der Waals surface area contributed by atoms with Gasteiger partial charge in [0.1, 0.15) is 11.4 Å². The quantitative estimate of drug-likeness (QED) is 0.416. The maximum Gasteiger partial charge on any atom is 0.155 e. The van der Waals surface area contributed by atoms with E-state index in [-0.39, 0.29) is 0 Å². The zero-order valence-electron chi connectivity index (χ0n) is 18.2. The van der Waals surface area contributed by atoms with Crippen LogP contribution in [-0.4, -0.2) is 18.3 Å². The Morgan fingerprint density at radius 3 is 2.39 bits per heavy atom. The van der Waals surface area contributed by atoms with Crippen LogP contribution in [0.3, 0.4) is 0 Å². The number of aromatic nitrogens is 1. The molecule has 2 aromatic rings. The Morgan fingerprint density at radius 2 is 1.86 bits per heavy atom. The van der Waals surface area contributed by atoms with Crippen LogP contribution in [-0.2, 0) is 0 Å². The van der Waals surface area contributed by atoms with Gasteiger partial charge in [-0.2, -0.15) is 0 Å². The SMILES string of the molecule is CC.COc1ccc(C)c(Nc2cc(C(F)P)nc(C)c2N=CC(C)C)c1C. The Bertz CT molecular complexity index is 820. The second-order valence-electron chi connectivity index (χ2n) is 6.66. The minimum Gasteiger partial charge on any atom is -0.496 e. The first kappa shape index (κ1) is 24.0. The number of rotatable bonds is 6. The molecule has 0 fully saturated rings. The maximum atomic E-state index is 13.9. The molecule has 0 aliphatic carbocycles. The number of ether oxygens (including phenoxy) is 1. The number of halogens is 1. The van der Waals surface area contributed by atoms with Crippen molar-refractivity contribution < 1.29 is 9.13 Å². The number of nitrogens with one attached hydrogen (secondary N) is 1. The van der Waals surface area contributed by atoms with Crippen molar-refractivity contribution in [3.63, 3.8) is 0 Å². The highest BCUT2D eigenvalue weighted by Gasteiger charge is 2.16. The first-order chi connectivity index (χ1) is 13.2. The standard InChI is InChI=1S/C20H27FN3OP.C2H6/c1-11(2)10-22-19-14(5)23-16(20(21)26)9-15(19)24-18-12(3)7-8-17(25-6)13(18)4;1-2/h7-11,20H,26H2,1-6H3,(H,23,24);1-2H3. The van der Waals surface area contributed by atoms with Gasteiger partial charge in [0, 0.05) is 17.5 Å². The lowest BCUT2D eigenvalue weighted by Crippen LogP contribution is -2.02. The van der Waals surface area contributed by atoms with E-state index in [0.717, 1.165) is 33.9 Å². The van der Waals surface area contributed by atoms with Crippen LogP contribution in [0.15, 0.2) is 23.2 Å². The fraction of sp³-hybridized carbons (Fsp3) is 0.455. The van der Waals surface area contributed by atoms with Gasteiger partial charge in [-0.1, -0.05) is 43.0 Å². The normalized spacial score (nSPS) is 12.0. The van der Waals surface area contributed by atoms with E-state index in [0.29, 0.717) is 17.3 Å². The number of alkyl halides is 1. The Balaban J connectivity index is 0.00000190. The van der Waals surface area contributed by atoms with E-state index in [4.69, 9.17) is 4.74 Å². The van der Waals surface area contributed by atoms with Crippen molar-refractivity contribution in [3.05, 3.63) is 40.7 Å². The van der Waals surface area contributed by atoms with Crippen molar-refractivity contribution >= 4 is 32.5 Å². The van der Waals surface area contributed by atoms with Crippen LogP contribution in [0.4, 0.5) is 21.5 Å². The first-order valence-electron chi connectivity index (χ1n) is 9.61. The molecule has 2 rings (SSSR count). The Morgan fingerprint density at radius 1 is 1.21 bits per heavy atom. The van der Waals surface area contributed by atoms with Gasteiger partial charge in [-0.3, -0.25) is 9.98 Å². The Labute approximate surface area is 171 Å². The summed E-state index contributed by atoms with van der Waals surface area (Å²) < 4.78 is 19.3. The molecular weight excluding hydrogens is 372 g/mol. The molecule has 0 aliphatic heterocycles. The van der Waals surface area contributed by atoms with Crippen molar-refractivity contribution in [2.24, 2.45) is 10.9 Å².